The number of hydrogen-bond acceptors (Lipinski definition) is 1. The topological polar surface area (TPSA) is 12.0 Å². The van der Waals surface area contributed by atoms with Crippen molar-refractivity contribution in [2.24, 2.45) is 0 Å². The lowest BCUT2D eigenvalue weighted by Crippen LogP contribution is -2.18. The van der Waals surface area contributed by atoms with Gasteiger partial charge in [-0.05, 0) is 43.5 Å². The molecule has 0 fully saturated rings. The molecular formula is C16H18FN. The molecule has 1 nitrogen and oxygen atoms in total. The Hall–Kier alpha value is -1.83. The van der Waals surface area contributed by atoms with E-state index in [0.717, 1.165) is 12.1 Å². The van der Waals surface area contributed by atoms with Gasteiger partial charge in [-0.3, -0.25) is 0 Å². The first-order valence-corrected chi connectivity index (χ1v) is 6.22. The van der Waals surface area contributed by atoms with Crippen LogP contribution in [0.25, 0.3) is 0 Å². The molecule has 0 heterocycles. The van der Waals surface area contributed by atoms with E-state index in [9.17, 15) is 4.39 Å². The average Bonchev–Trinajstić information content (AvgIpc) is 2.35. The fourth-order valence-corrected chi connectivity index (χ4v) is 1.99. The highest BCUT2D eigenvalue weighted by Crippen LogP contribution is 2.15. The van der Waals surface area contributed by atoms with Crippen molar-refractivity contribution in [2.45, 2.75) is 26.3 Å². The summed E-state index contributed by atoms with van der Waals surface area (Å²) in [6, 6.07) is 15.8. The molecule has 0 radical (unpaired) electrons. The fourth-order valence-electron chi connectivity index (χ4n) is 1.99. The van der Waals surface area contributed by atoms with Gasteiger partial charge in [0.25, 0.3) is 0 Å². The highest BCUT2D eigenvalue weighted by Gasteiger charge is 2.05. The summed E-state index contributed by atoms with van der Waals surface area (Å²) in [4.78, 5) is 0. The molecule has 0 spiro atoms. The summed E-state index contributed by atoms with van der Waals surface area (Å²) in [6.45, 7) is 3.87. The second-order valence-corrected chi connectivity index (χ2v) is 4.70. The maximum atomic E-state index is 13.4. The van der Waals surface area contributed by atoms with E-state index in [1.165, 1.54) is 5.56 Å². The summed E-state index contributed by atoms with van der Waals surface area (Å²) < 4.78 is 13.4. The largest absolute Gasteiger partial charge is 0.382 e. The molecule has 2 heteroatoms. The first kappa shape index (κ1) is 12.6. The monoisotopic (exact) mass is 243 g/mol. The molecular weight excluding hydrogens is 225 g/mol. The van der Waals surface area contributed by atoms with Gasteiger partial charge in [0.05, 0.1) is 0 Å². The third-order valence-electron chi connectivity index (χ3n) is 2.97. The SMILES string of the molecule is Cc1ccc(NC(C)Cc2ccccc2)cc1F. The van der Waals surface area contributed by atoms with Crippen LogP contribution in [0.2, 0.25) is 0 Å². The number of hydrogen-bond donors (Lipinski definition) is 1. The molecule has 1 N–H and O–H groups in total. The summed E-state index contributed by atoms with van der Waals surface area (Å²) in [6.07, 6.45) is 0.927. The maximum absolute atomic E-state index is 13.4. The zero-order valence-corrected chi connectivity index (χ0v) is 10.8. The quantitative estimate of drug-likeness (QED) is 0.849. The first-order valence-electron chi connectivity index (χ1n) is 6.22. The molecule has 0 saturated carbocycles. The number of anilines is 1. The molecule has 0 saturated heterocycles. The van der Waals surface area contributed by atoms with Crippen LogP contribution in [0, 0.1) is 12.7 Å². The van der Waals surface area contributed by atoms with Crippen LogP contribution in [0.1, 0.15) is 18.1 Å². The third-order valence-corrected chi connectivity index (χ3v) is 2.97. The van der Waals surface area contributed by atoms with Gasteiger partial charge in [0.15, 0.2) is 0 Å². The molecule has 2 aromatic carbocycles. The van der Waals surface area contributed by atoms with Crippen molar-refractivity contribution in [2.75, 3.05) is 5.32 Å². The lowest BCUT2D eigenvalue weighted by Gasteiger charge is -2.15. The standard InChI is InChI=1S/C16H18FN/c1-12-8-9-15(11-16(12)17)18-13(2)10-14-6-4-3-5-7-14/h3-9,11,13,18H,10H2,1-2H3. The molecule has 1 atom stereocenters. The van der Waals surface area contributed by atoms with Crippen molar-refractivity contribution in [3.8, 4) is 0 Å². The second-order valence-electron chi connectivity index (χ2n) is 4.70. The Morgan fingerprint density at radius 2 is 1.83 bits per heavy atom. The second kappa shape index (κ2) is 5.67. The average molecular weight is 243 g/mol. The molecule has 0 aliphatic heterocycles. The van der Waals surface area contributed by atoms with Gasteiger partial charge in [0.2, 0.25) is 0 Å². The predicted molar refractivity (Wildman–Crippen MR) is 74.4 cm³/mol. The van der Waals surface area contributed by atoms with Crippen LogP contribution in [-0.4, -0.2) is 6.04 Å². The highest BCUT2D eigenvalue weighted by atomic mass is 19.1. The zero-order valence-electron chi connectivity index (χ0n) is 10.8. The van der Waals surface area contributed by atoms with Crippen LogP contribution >= 0.6 is 0 Å². The predicted octanol–water partition coefficient (Wildman–Crippen LogP) is 4.18. The summed E-state index contributed by atoms with van der Waals surface area (Å²) >= 11 is 0. The summed E-state index contributed by atoms with van der Waals surface area (Å²) in [5.74, 6) is -0.160. The number of aryl methyl sites for hydroxylation is 1. The van der Waals surface area contributed by atoms with E-state index in [-0.39, 0.29) is 11.9 Å². The van der Waals surface area contributed by atoms with Gasteiger partial charge in [0.1, 0.15) is 5.82 Å². The zero-order chi connectivity index (χ0) is 13.0. The molecule has 18 heavy (non-hydrogen) atoms. The van der Waals surface area contributed by atoms with E-state index in [2.05, 4.69) is 24.4 Å². The van der Waals surface area contributed by atoms with Crippen LogP contribution < -0.4 is 5.32 Å². The summed E-state index contributed by atoms with van der Waals surface area (Å²) in [5.41, 5.74) is 2.79. The Morgan fingerprint density at radius 1 is 1.11 bits per heavy atom. The maximum Gasteiger partial charge on any atom is 0.128 e. The molecule has 0 aliphatic rings. The lowest BCUT2D eigenvalue weighted by molar-refractivity contribution is 0.618. The van der Waals surface area contributed by atoms with Crippen molar-refractivity contribution in [3.05, 3.63) is 65.5 Å². The first-order chi connectivity index (χ1) is 8.65. The van der Waals surface area contributed by atoms with Crippen LogP contribution in [0.3, 0.4) is 0 Å². The number of benzene rings is 2. The van der Waals surface area contributed by atoms with E-state index in [1.54, 1.807) is 19.1 Å². The minimum atomic E-state index is -0.160. The minimum absolute atomic E-state index is 0.160. The normalized spacial score (nSPS) is 12.2. The summed E-state index contributed by atoms with van der Waals surface area (Å²) in [5, 5.41) is 3.32. The van der Waals surface area contributed by atoms with E-state index in [4.69, 9.17) is 0 Å². The van der Waals surface area contributed by atoms with E-state index in [1.807, 2.05) is 24.3 Å². The molecule has 0 amide bonds. The van der Waals surface area contributed by atoms with Gasteiger partial charge in [-0.1, -0.05) is 36.4 Å². The Bertz CT molecular complexity index is 508. The molecule has 0 aromatic heterocycles. The van der Waals surface area contributed by atoms with Crippen molar-refractivity contribution in [3.63, 3.8) is 0 Å². The van der Waals surface area contributed by atoms with Gasteiger partial charge in [-0.2, -0.15) is 0 Å². The smallest absolute Gasteiger partial charge is 0.128 e. The molecule has 1 unspecified atom stereocenters. The van der Waals surface area contributed by atoms with Crippen LogP contribution in [0.15, 0.2) is 48.5 Å². The van der Waals surface area contributed by atoms with Gasteiger partial charge in [-0.15, -0.1) is 0 Å². The molecule has 94 valence electrons. The van der Waals surface area contributed by atoms with Gasteiger partial charge >= 0.3 is 0 Å². The van der Waals surface area contributed by atoms with Crippen molar-refractivity contribution >= 4 is 5.69 Å². The van der Waals surface area contributed by atoms with Crippen LogP contribution in [0.4, 0.5) is 10.1 Å². The highest BCUT2D eigenvalue weighted by molar-refractivity contribution is 5.46. The van der Waals surface area contributed by atoms with Crippen molar-refractivity contribution in [1.82, 2.24) is 0 Å². The van der Waals surface area contributed by atoms with Crippen molar-refractivity contribution in [1.29, 1.82) is 0 Å². The Kier molecular flexibility index (Phi) is 3.98. The fraction of sp³-hybridized carbons (Fsp3) is 0.250. The molecule has 2 rings (SSSR count). The lowest BCUT2D eigenvalue weighted by atomic mass is 10.1. The molecule has 2 aromatic rings. The van der Waals surface area contributed by atoms with Gasteiger partial charge in [-0.25, -0.2) is 4.39 Å². The summed E-state index contributed by atoms with van der Waals surface area (Å²) in [7, 11) is 0. The Balaban J connectivity index is 1.99. The van der Waals surface area contributed by atoms with E-state index >= 15 is 0 Å². The molecule has 0 bridgehead atoms. The van der Waals surface area contributed by atoms with Crippen molar-refractivity contribution < 1.29 is 4.39 Å². The van der Waals surface area contributed by atoms with Crippen LogP contribution in [-0.2, 0) is 6.42 Å². The van der Waals surface area contributed by atoms with Gasteiger partial charge < -0.3 is 5.32 Å². The minimum Gasteiger partial charge on any atom is -0.382 e. The number of nitrogens with one attached hydrogen (secondary N) is 1. The Morgan fingerprint density at radius 3 is 2.50 bits per heavy atom. The number of halogens is 1. The Labute approximate surface area is 108 Å². The van der Waals surface area contributed by atoms with E-state index < -0.39 is 0 Å². The number of rotatable bonds is 4. The van der Waals surface area contributed by atoms with Crippen LogP contribution in [0.5, 0.6) is 0 Å². The van der Waals surface area contributed by atoms with E-state index in [0.29, 0.717) is 5.56 Å². The molecule has 0 aliphatic carbocycles. The van der Waals surface area contributed by atoms with Gasteiger partial charge in [0, 0.05) is 11.7 Å². The third kappa shape index (κ3) is 3.33.